The van der Waals surface area contributed by atoms with E-state index in [1.54, 1.807) is 18.2 Å². The lowest BCUT2D eigenvalue weighted by atomic mass is 9.98. The average molecular weight is 321 g/mol. The highest BCUT2D eigenvalue weighted by Gasteiger charge is 2.26. The van der Waals surface area contributed by atoms with Gasteiger partial charge in [-0.1, -0.05) is 36.2 Å². The number of aliphatic hydroxyl groups is 2. The highest BCUT2D eigenvalue weighted by atomic mass is 35.5. The van der Waals surface area contributed by atoms with Crippen LogP contribution in [-0.2, 0) is 4.79 Å². The van der Waals surface area contributed by atoms with Crippen LogP contribution < -0.4 is 10.6 Å². The number of nitrogens with one attached hydrogen (secondary N) is 2. The molecule has 0 radical (unpaired) electrons. The van der Waals surface area contributed by atoms with Gasteiger partial charge in [-0.15, -0.1) is 0 Å². The largest absolute Gasteiger partial charge is 0.394 e. The predicted octanol–water partition coefficient (Wildman–Crippen LogP) is 1.65. The Hall–Kier alpha value is -0.850. The van der Waals surface area contributed by atoms with Crippen molar-refractivity contribution in [3.05, 3.63) is 28.2 Å². The van der Waals surface area contributed by atoms with E-state index in [-0.39, 0.29) is 25.7 Å². The number of rotatable bonds is 7. The molecule has 0 saturated carbocycles. The van der Waals surface area contributed by atoms with Crippen molar-refractivity contribution in [2.24, 2.45) is 0 Å². The Morgan fingerprint density at radius 1 is 1.25 bits per heavy atom. The number of carbonyl (C=O) groups is 1. The van der Waals surface area contributed by atoms with Gasteiger partial charge in [-0.2, -0.15) is 0 Å². The zero-order valence-corrected chi connectivity index (χ0v) is 12.6. The molecule has 0 unspecified atom stereocenters. The number of benzene rings is 1. The fourth-order valence-electron chi connectivity index (χ4n) is 1.58. The van der Waals surface area contributed by atoms with Gasteiger partial charge in [0.25, 0.3) is 0 Å². The average Bonchev–Trinajstić information content (AvgIpc) is 2.45. The van der Waals surface area contributed by atoms with E-state index >= 15 is 0 Å². The van der Waals surface area contributed by atoms with Crippen molar-refractivity contribution in [3.63, 3.8) is 0 Å². The molecule has 5 nitrogen and oxygen atoms in total. The van der Waals surface area contributed by atoms with E-state index in [0.29, 0.717) is 22.2 Å². The molecule has 20 heavy (non-hydrogen) atoms. The molecule has 1 aromatic rings. The summed E-state index contributed by atoms with van der Waals surface area (Å²) in [5.74, 6) is -0.361. The molecule has 0 heterocycles. The molecule has 0 spiro atoms. The Balaban J connectivity index is 2.65. The maximum atomic E-state index is 11.9. The molecule has 0 aromatic heterocycles. The zero-order valence-electron chi connectivity index (χ0n) is 11.1. The van der Waals surface area contributed by atoms with Crippen molar-refractivity contribution in [3.8, 4) is 0 Å². The van der Waals surface area contributed by atoms with Gasteiger partial charge in [0.2, 0.25) is 5.91 Å². The summed E-state index contributed by atoms with van der Waals surface area (Å²) in [5.41, 5.74) is -0.528. The van der Waals surface area contributed by atoms with Crippen LogP contribution in [-0.4, -0.2) is 41.4 Å². The number of amides is 1. The Morgan fingerprint density at radius 2 is 1.80 bits per heavy atom. The first kappa shape index (κ1) is 17.2. The second-order valence-electron chi connectivity index (χ2n) is 4.45. The molecule has 0 saturated heterocycles. The molecule has 4 N–H and O–H groups in total. The van der Waals surface area contributed by atoms with Crippen LogP contribution in [0.2, 0.25) is 10.0 Å². The molecule has 0 fully saturated rings. The fourth-order valence-corrected chi connectivity index (χ4v) is 2.07. The number of halogens is 2. The lowest BCUT2D eigenvalue weighted by molar-refractivity contribution is -0.116. The Morgan fingerprint density at radius 3 is 2.25 bits per heavy atom. The smallest absolute Gasteiger partial charge is 0.238 e. The summed E-state index contributed by atoms with van der Waals surface area (Å²) >= 11 is 11.9. The first-order valence-electron chi connectivity index (χ1n) is 6.18. The molecular weight excluding hydrogens is 303 g/mol. The first-order chi connectivity index (χ1) is 9.48. The van der Waals surface area contributed by atoms with E-state index in [1.807, 2.05) is 6.92 Å². The Bertz CT molecular complexity index is 436. The number of carbonyl (C=O) groups excluding carboxylic acids is 1. The van der Waals surface area contributed by atoms with Crippen LogP contribution in [0.3, 0.4) is 0 Å². The van der Waals surface area contributed by atoms with Crippen molar-refractivity contribution in [1.82, 2.24) is 5.32 Å². The number of anilines is 1. The quantitative estimate of drug-likeness (QED) is 0.616. The van der Waals surface area contributed by atoms with Crippen molar-refractivity contribution in [1.29, 1.82) is 0 Å². The highest BCUT2D eigenvalue weighted by Crippen LogP contribution is 2.29. The maximum absolute atomic E-state index is 11.9. The van der Waals surface area contributed by atoms with Gasteiger partial charge in [-0.3, -0.25) is 10.1 Å². The lowest BCUT2D eigenvalue weighted by Crippen LogP contribution is -2.53. The minimum atomic E-state index is -0.873. The van der Waals surface area contributed by atoms with E-state index < -0.39 is 5.54 Å². The van der Waals surface area contributed by atoms with Crippen LogP contribution in [0, 0.1) is 0 Å². The number of para-hydroxylation sites is 1. The molecule has 7 heteroatoms. The van der Waals surface area contributed by atoms with Gasteiger partial charge in [-0.25, -0.2) is 0 Å². The first-order valence-corrected chi connectivity index (χ1v) is 6.94. The predicted molar refractivity (Wildman–Crippen MR) is 80.3 cm³/mol. The van der Waals surface area contributed by atoms with Gasteiger partial charge in [0.05, 0.1) is 41.0 Å². The summed E-state index contributed by atoms with van der Waals surface area (Å²) < 4.78 is 0. The third kappa shape index (κ3) is 4.33. The van der Waals surface area contributed by atoms with Gasteiger partial charge < -0.3 is 15.5 Å². The van der Waals surface area contributed by atoms with Crippen LogP contribution >= 0.6 is 23.2 Å². The van der Waals surface area contributed by atoms with Gasteiger partial charge in [0.1, 0.15) is 0 Å². The molecule has 1 rings (SSSR count). The molecule has 0 aliphatic rings. The van der Waals surface area contributed by atoms with Gasteiger partial charge in [-0.05, 0) is 18.6 Å². The standard InChI is InChI=1S/C13H18Cl2N2O3/c1-2-13(7-18,8-19)16-6-11(20)17-12-9(14)4-3-5-10(12)15/h3-5,16,18-19H,2,6-8H2,1H3,(H,17,20). The van der Waals surface area contributed by atoms with E-state index in [9.17, 15) is 15.0 Å². The second-order valence-corrected chi connectivity index (χ2v) is 5.26. The van der Waals surface area contributed by atoms with Crippen molar-refractivity contribution in [2.75, 3.05) is 25.1 Å². The third-order valence-corrected chi connectivity index (χ3v) is 3.76. The van der Waals surface area contributed by atoms with E-state index in [2.05, 4.69) is 10.6 Å². The van der Waals surface area contributed by atoms with Crippen LogP contribution in [0.25, 0.3) is 0 Å². The Kier molecular flexibility index (Phi) is 6.71. The summed E-state index contributed by atoms with van der Waals surface area (Å²) in [6.07, 6.45) is 0.486. The van der Waals surface area contributed by atoms with E-state index in [1.165, 1.54) is 0 Å². The molecule has 112 valence electrons. The number of hydrogen-bond donors (Lipinski definition) is 4. The Labute approximate surface area is 127 Å². The summed E-state index contributed by atoms with van der Waals surface area (Å²) in [6.45, 7) is 1.21. The molecule has 0 bridgehead atoms. The summed E-state index contributed by atoms with van der Waals surface area (Å²) in [5, 5.41) is 24.7. The van der Waals surface area contributed by atoms with Gasteiger partial charge in [0.15, 0.2) is 0 Å². The van der Waals surface area contributed by atoms with Crippen molar-refractivity contribution >= 4 is 34.8 Å². The topological polar surface area (TPSA) is 81.6 Å². The molecule has 0 aliphatic carbocycles. The minimum Gasteiger partial charge on any atom is -0.394 e. The monoisotopic (exact) mass is 320 g/mol. The molecule has 0 aliphatic heterocycles. The summed E-state index contributed by atoms with van der Waals surface area (Å²) in [6, 6.07) is 4.92. The van der Waals surface area contributed by atoms with Crippen molar-refractivity contribution in [2.45, 2.75) is 18.9 Å². The summed E-state index contributed by atoms with van der Waals surface area (Å²) in [7, 11) is 0. The van der Waals surface area contributed by atoms with Gasteiger partial charge >= 0.3 is 0 Å². The van der Waals surface area contributed by atoms with Crippen LogP contribution in [0.1, 0.15) is 13.3 Å². The van der Waals surface area contributed by atoms with Crippen LogP contribution in [0.4, 0.5) is 5.69 Å². The SMILES string of the molecule is CCC(CO)(CO)NCC(=O)Nc1c(Cl)cccc1Cl. The second kappa shape index (κ2) is 7.81. The van der Waals surface area contributed by atoms with Crippen LogP contribution in [0.5, 0.6) is 0 Å². The number of hydrogen-bond acceptors (Lipinski definition) is 4. The maximum Gasteiger partial charge on any atom is 0.238 e. The third-order valence-electron chi connectivity index (χ3n) is 3.13. The highest BCUT2D eigenvalue weighted by molar-refractivity contribution is 6.39. The molecule has 0 atom stereocenters. The zero-order chi connectivity index (χ0) is 15.2. The molecular formula is C13H18Cl2N2O3. The molecule has 1 aromatic carbocycles. The lowest BCUT2D eigenvalue weighted by Gasteiger charge is -2.29. The van der Waals surface area contributed by atoms with Crippen molar-refractivity contribution < 1.29 is 15.0 Å². The molecule has 1 amide bonds. The van der Waals surface area contributed by atoms with E-state index in [4.69, 9.17) is 23.2 Å². The minimum absolute atomic E-state index is 0.0729. The van der Waals surface area contributed by atoms with Gasteiger partial charge in [0, 0.05) is 0 Å². The fraction of sp³-hybridized carbons (Fsp3) is 0.462. The normalized spacial score (nSPS) is 11.4. The van der Waals surface area contributed by atoms with Crippen LogP contribution in [0.15, 0.2) is 18.2 Å². The number of aliphatic hydroxyl groups excluding tert-OH is 2. The summed E-state index contributed by atoms with van der Waals surface area (Å²) in [4.78, 5) is 11.9. The van der Waals surface area contributed by atoms with E-state index in [0.717, 1.165) is 0 Å².